The van der Waals surface area contributed by atoms with Crippen LogP contribution in [0.3, 0.4) is 0 Å². The molecular weight excluding hydrogens is 240 g/mol. The van der Waals surface area contributed by atoms with Gasteiger partial charge in [0.15, 0.2) is 0 Å². The predicted octanol–water partition coefficient (Wildman–Crippen LogP) is 2.68. The van der Waals surface area contributed by atoms with Gasteiger partial charge in [-0.3, -0.25) is 0 Å². The van der Waals surface area contributed by atoms with Crippen LogP contribution in [0.2, 0.25) is 0 Å². The Bertz CT molecular complexity index is 466. The van der Waals surface area contributed by atoms with Gasteiger partial charge in [0.2, 0.25) is 11.8 Å². The molecular formula is C15H20N2O2. The summed E-state index contributed by atoms with van der Waals surface area (Å²) in [5, 5.41) is 0. The minimum atomic E-state index is -0.0375. The molecule has 0 spiro atoms. The van der Waals surface area contributed by atoms with Crippen LogP contribution in [0.4, 0.5) is 0 Å². The fourth-order valence-corrected chi connectivity index (χ4v) is 1.93. The van der Waals surface area contributed by atoms with Crippen LogP contribution in [0.5, 0.6) is 0 Å². The molecule has 0 aliphatic carbocycles. The third-order valence-corrected chi connectivity index (χ3v) is 3.00. The topological polar surface area (TPSA) is 43.2 Å². The molecule has 4 nitrogen and oxygen atoms in total. The van der Waals surface area contributed by atoms with Gasteiger partial charge in [0, 0.05) is 0 Å². The summed E-state index contributed by atoms with van der Waals surface area (Å²) in [6.45, 7) is 5.19. The lowest BCUT2D eigenvalue weighted by Gasteiger charge is -2.23. The number of benzene rings is 1. The highest BCUT2D eigenvalue weighted by atomic mass is 16.5. The molecule has 0 saturated carbocycles. The van der Waals surface area contributed by atoms with E-state index in [1.165, 1.54) is 0 Å². The van der Waals surface area contributed by atoms with Crippen molar-refractivity contribution in [1.29, 1.82) is 0 Å². The lowest BCUT2D eigenvalue weighted by molar-refractivity contribution is 0.277. The summed E-state index contributed by atoms with van der Waals surface area (Å²) in [6, 6.07) is 10.0. The summed E-state index contributed by atoms with van der Waals surface area (Å²) in [5.41, 5.74) is 1.13. The second-order valence-corrected chi connectivity index (χ2v) is 4.84. The zero-order chi connectivity index (χ0) is 13.7. The van der Waals surface area contributed by atoms with Crippen molar-refractivity contribution in [2.75, 3.05) is 13.7 Å². The molecule has 0 fully saturated rings. The van der Waals surface area contributed by atoms with Crippen LogP contribution < -0.4 is 0 Å². The van der Waals surface area contributed by atoms with Crippen molar-refractivity contribution >= 4 is 11.8 Å². The molecule has 0 bridgehead atoms. The van der Waals surface area contributed by atoms with Crippen molar-refractivity contribution in [1.82, 2.24) is 0 Å². The highest BCUT2D eigenvalue weighted by Crippen LogP contribution is 2.14. The fourth-order valence-electron chi connectivity index (χ4n) is 1.93. The van der Waals surface area contributed by atoms with Crippen LogP contribution in [-0.4, -0.2) is 31.5 Å². The number of hydrogen-bond donors (Lipinski definition) is 0. The van der Waals surface area contributed by atoms with Gasteiger partial charge >= 0.3 is 0 Å². The minimum absolute atomic E-state index is 0.0375. The first-order valence-corrected chi connectivity index (χ1v) is 6.52. The Kier molecular flexibility index (Phi) is 4.55. The van der Waals surface area contributed by atoms with Gasteiger partial charge in [-0.15, -0.1) is 0 Å². The summed E-state index contributed by atoms with van der Waals surface area (Å²) < 4.78 is 11.0. The third-order valence-electron chi connectivity index (χ3n) is 3.00. The molecule has 1 aliphatic rings. The smallest absolute Gasteiger partial charge is 0.209 e. The van der Waals surface area contributed by atoms with Crippen molar-refractivity contribution in [2.24, 2.45) is 15.9 Å². The molecule has 0 radical (unpaired) electrons. The molecule has 19 heavy (non-hydrogen) atoms. The molecule has 0 saturated heterocycles. The van der Waals surface area contributed by atoms with E-state index in [0.717, 1.165) is 5.56 Å². The zero-order valence-electron chi connectivity index (χ0n) is 11.7. The maximum atomic E-state index is 5.73. The van der Waals surface area contributed by atoms with Crippen LogP contribution in [-0.2, 0) is 16.1 Å². The average Bonchev–Trinajstić information content (AvgIpc) is 2.46. The summed E-state index contributed by atoms with van der Waals surface area (Å²) in [5.74, 6) is 1.72. The summed E-state index contributed by atoms with van der Waals surface area (Å²) >= 11 is 0. The minimum Gasteiger partial charge on any atom is -0.483 e. The van der Waals surface area contributed by atoms with E-state index >= 15 is 0 Å². The Balaban J connectivity index is 1.98. The van der Waals surface area contributed by atoms with E-state index in [-0.39, 0.29) is 6.04 Å². The van der Waals surface area contributed by atoms with Crippen molar-refractivity contribution in [3.8, 4) is 0 Å². The summed E-state index contributed by atoms with van der Waals surface area (Å²) in [7, 11) is 1.64. The van der Waals surface area contributed by atoms with Gasteiger partial charge in [-0.2, -0.15) is 0 Å². The van der Waals surface area contributed by atoms with Crippen molar-refractivity contribution < 1.29 is 9.47 Å². The summed E-state index contributed by atoms with van der Waals surface area (Å²) in [4.78, 5) is 8.97. The van der Waals surface area contributed by atoms with Gasteiger partial charge in [-0.05, 0) is 11.5 Å². The second kappa shape index (κ2) is 6.36. The Labute approximate surface area is 114 Å². The molecule has 1 unspecified atom stereocenters. The normalized spacial score (nSPS) is 18.8. The SMILES string of the molecule is COC1=NCC(OCc2ccccc2)=NC1C(C)C. The van der Waals surface area contributed by atoms with E-state index < -0.39 is 0 Å². The number of aliphatic imine (C=N–C) groups is 2. The van der Waals surface area contributed by atoms with E-state index in [9.17, 15) is 0 Å². The summed E-state index contributed by atoms with van der Waals surface area (Å²) in [6.07, 6.45) is 0. The van der Waals surface area contributed by atoms with Crippen molar-refractivity contribution in [3.63, 3.8) is 0 Å². The Morgan fingerprint density at radius 3 is 2.63 bits per heavy atom. The van der Waals surface area contributed by atoms with Crippen molar-refractivity contribution in [3.05, 3.63) is 35.9 Å². The number of hydrogen-bond acceptors (Lipinski definition) is 4. The molecule has 2 rings (SSSR count). The Hall–Kier alpha value is -1.84. The third kappa shape index (κ3) is 3.56. The molecule has 1 aromatic rings. The van der Waals surface area contributed by atoms with E-state index in [0.29, 0.717) is 30.9 Å². The van der Waals surface area contributed by atoms with Crippen LogP contribution in [0.1, 0.15) is 19.4 Å². The highest BCUT2D eigenvalue weighted by molar-refractivity contribution is 5.92. The molecule has 1 heterocycles. The lowest BCUT2D eigenvalue weighted by Crippen LogP contribution is -2.33. The van der Waals surface area contributed by atoms with Gasteiger partial charge in [0.1, 0.15) is 19.2 Å². The van der Waals surface area contributed by atoms with E-state index in [4.69, 9.17) is 9.47 Å². The number of nitrogens with zero attached hydrogens (tertiary/aromatic N) is 2. The monoisotopic (exact) mass is 260 g/mol. The first kappa shape index (κ1) is 13.6. The molecule has 0 N–H and O–H groups in total. The molecule has 1 aromatic carbocycles. The van der Waals surface area contributed by atoms with Gasteiger partial charge in [0.05, 0.1) is 7.11 Å². The van der Waals surface area contributed by atoms with E-state index in [2.05, 4.69) is 23.8 Å². The first-order valence-electron chi connectivity index (χ1n) is 6.52. The fraction of sp³-hybridized carbons (Fsp3) is 0.467. The molecule has 1 aliphatic heterocycles. The Morgan fingerprint density at radius 1 is 1.26 bits per heavy atom. The molecule has 102 valence electrons. The maximum absolute atomic E-state index is 5.73. The van der Waals surface area contributed by atoms with Gasteiger partial charge in [-0.25, -0.2) is 9.98 Å². The molecule has 0 aromatic heterocycles. The van der Waals surface area contributed by atoms with E-state index in [1.54, 1.807) is 7.11 Å². The van der Waals surface area contributed by atoms with Crippen LogP contribution in [0, 0.1) is 5.92 Å². The zero-order valence-corrected chi connectivity index (χ0v) is 11.7. The number of ether oxygens (including phenoxy) is 2. The number of rotatable bonds is 3. The van der Waals surface area contributed by atoms with Crippen LogP contribution >= 0.6 is 0 Å². The maximum Gasteiger partial charge on any atom is 0.209 e. The van der Waals surface area contributed by atoms with Crippen LogP contribution in [0.15, 0.2) is 40.3 Å². The van der Waals surface area contributed by atoms with Gasteiger partial charge in [0.25, 0.3) is 0 Å². The largest absolute Gasteiger partial charge is 0.483 e. The second-order valence-electron chi connectivity index (χ2n) is 4.84. The van der Waals surface area contributed by atoms with E-state index in [1.807, 2.05) is 30.3 Å². The predicted molar refractivity (Wildman–Crippen MR) is 76.6 cm³/mol. The number of methoxy groups -OCH3 is 1. The Morgan fingerprint density at radius 2 is 2.00 bits per heavy atom. The lowest BCUT2D eigenvalue weighted by atomic mass is 10.0. The van der Waals surface area contributed by atoms with Gasteiger partial charge < -0.3 is 9.47 Å². The van der Waals surface area contributed by atoms with Gasteiger partial charge in [-0.1, -0.05) is 44.2 Å². The molecule has 0 amide bonds. The molecule has 4 heteroatoms. The van der Waals surface area contributed by atoms with Crippen molar-refractivity contribution in [2.45, 2.75) is 26.5 Å². The standard InChI is InChI=1S/C15H20N2O2/c1-11(2)14-15(18-3)16-9-13(17-14)19-10-12-7-5-4-6-8-12/h4-8,11,14H,9-10H2,1-3H3. The highest BCUT2D eigenvalue weighted by Gasteiger charge is 2.24. The average molecular weight is 260 g/mol. The molecule has 1 atom stereocenters. The van der Waals surface area contributed by atoms with Crippen LogP contribution in [0.25, 0.3) is 0 Å². The quantitative estimate of drug-likeness (QED) is 0.838. The first-order chi connectivity index (χ1) is 9.20.